The Morgan fingerprint density at radius 1 is 1.10 bits per heavy atom. The number of hydrogen-bond acceptors (Lipinski definition) is 3. The first-order valence-corrected chi connectivity index (χ1v) is 10.4. The Balaban J connectivity index is 1.56. The second-order valence-electron chi connectivity index (χ2n) is 6.94. The third kappa shape index (κ3) is 3.05. The third-order valence-corrected chi connectivity index (χ3v) is 6.45. The van der Waals surface area contributed by atoms with E-state index in [0.717, 1.165) is 10.1 Å². The standard InChI is InChI=1S/C23H14ClFN2O2S/c24-17-10-12(25)8-9-14(17)21-20-15(22(28)27-21)5-3-6-18(20)26-23(29)16-11-30-19-7-2-1-4-13(16)19/h1-11,21H,(H,26,29)(H,27,28). The van der Waals surface area contributed by atoms with Crippen LogP contribution in [0.4, 0.5) is 10.1 Å². The molecule has 0 radical (unpaired) electrons. The third-order valence-electron chi connectivity index (χ3n) is 5.16. The lowest BCUT2D eigenvalue weighted by molar-refractivity contribution is 0.0959. The molecular formula is C23H14ClFN2O2S. The summed E-state index contributed by atoms with van der Waals surface area (Å²) in [5.41, 5.74) is 2.71. The summed E-state index contributed by atoms with van der Waals surface area (Å²) in [6, 6.07) is 16.3. The van der Waals surface area contributed by atoms with E-state index in [4.69, 9.17) is 11.6 Å². The lowest BCUT2D eigenvalue weighted by atomic mass is 9.96. The van der Waals surface area contributed by atoms with E-state index in [1.807, 2.05) is 29.6 Å². The molecule has 2 amide bonds. The number of carbonyl (C=O) groups excluding carboxylic acids is 2. The number of fused-ring (bicyclic) bond motifs is 2. The van der Waals surface area contributed by atoms with E-state index in [1.54, 1.807) is 24.3 Å². The largest absolute Gasteiger partial charge is 0.341 e. The predicted molar refractivity (Wildman–Crippen MR) is 117 cm³/mol. The first-order chi connectivity index (χ1) is 14.5. The molecule has 0 fully saturated rings. The Labute approximate surface area is 180 Å². The van der Waals surface area contributed by atoms with Gasteiger partial charge in [0.15, 0.2) is 0 Å². The number of nitrogens with one attached hydrogen (secondary N) is 2. The highest BCUT2D eigenvalue weighted by Crippen LogP contribution is 2.39. The maximum Gasteiger partial charge on any atom is 0.257 e. The molecule has 1 aliphatic heterocycles. The zero-order valence-electron chi connectivity index (χ0n) is 15.4. The van der Waals surface area contributed by atoms with Crippen LogP contribution in [0.3, 0.4) is 0 Å². The van der Waals surface area contributed by atoms with Gasteiger partial charge in [-0.1, -0.05) is 41.9 Å². The minimum Gasteiger partial charge on any atom is -0.341 e. The number of thiophene rings is 1. The second-order valence-corrected chi connectivity index (χ2v) is 8.26. The first-order valence-electron chi connectivity index (χ1n) is 9.19. The van der Waals surface area contributed by atoms with Crippen molar-refractivity contribution in [3.8, 4) is 0 Å². The Bertz CT molecular complexity index is 1330. The molecule has 0 spiro atoms. The van der Waals surface area contributed by atoms with Crippen LogP contribution in [0.25, 0.3) is 10.1 Å². The van der Waals surface area contributed by atoms with Crippen LogP contribution in [0, 0.1) is 5.82 Å². The van der Waals surface area contributed by atoms with Gasteiger partial charge in [0.1, 0.15) is 5.82 Å². The Morgan fingerprint density at radius 3 is 2.77 bits per heavy atom. The van der Waals surface area contributed by atoms with Gasteiger partial charge < -0.3 is 10.6 Å². The average molecular weight is 437 g/mol. The molecular weight excluding hydrogens is 423 g/mol. The number of benzene rings is 3. The fourth-order valence-corrected chi connectivity index (χ4v) is 4.99. The summed E-state index contributed by atoms with van der Waals surface area (Å²) in [4.78, 5) is 25.6. The van der Waals surface area contributed by atoms with Gasteiger partial charge in [0, 0.05) is 37.3 Å². The lowest BCUT2D eigenvalue weighted by Crippen LogP contribution is -2.21. The van der Waals surface area contributed by atoms with Crippen molar-refractivity contribution >= 4 is 50.5 Å². The van der Waals surface area contributed by atoms with Crippen molar-refractivity contribution in [2.24, 2.45) is 0 Å². The average Bonchev–Trinajstić information content (AvgIpc) is 3.30. The molecule has 0 aliphatic carbocycles. The van der Waals surface area contributed by atoms with E-state index in [0.29, 0.717) is 27.9 Å². The van der Waals surface area contributed by atoms with Crippen molar-refractivity contribution in [3.63, 3.8) is 0 Å². The molecule has 2 N–H and O–H groups in total. The molecule has 0 bridgehead atoms. The van der Waals surface area contributed by atoms with Crippen molar-refractivity contribution in [3.05, 3.63) is 99.1 Å². The van der Waals surface area contributed by atoms with Crippen LogP contribution >= 0.6 is 22.9 Å². The Morgan fingerprint density at radius 2 is 1.93 bits per heavy atom. The zero-order chi connectivity index (χ0) is 20.8. The van der Waals surface area contributed by atoms with Gasteiger partial charge >= 0.3 is 0 Å². The molecule has 1 aliphatic rings. The number of amides is 2. The van der Waals surface area contributed by atoms with E-state index in [9.17, 15) is 14.0 Å². The van der Waals surface area contributed by atoms with Crippen molar-refractivity contribution in [2.75, 3.05) is 5.32 Å². The molecule has 148 valence electrons. The maximum absolute atomic E-state index is 13.5. The van der Waals surface area contributed by atoms with Gasteiger partial charge in [-0.2, -0.15) is 0 Å². The molecule has 30 heavy (non-hydrogen) atoms. The monoisotopic (exact) mass is 436 g/mol. The van der Waals surface area contributed by atoms with Crippen LogP contribution in [-0.2, 0) is 0 Å². The minimum absolute atomic E-state index is 0.207. The topological polar surface area (TPSA) is 58.2 Å². The molecule has 1 unspecified atom stereocenters. The van der Waals surface area contributed by atoms with Crippen molar-refractivity contribution in [2.45, 2.75) is 6.04 Å². The summed E-state index contributed by atoms with van der Waals surface area (Å²) in [7, 11) is 0. The van der Waals surface area contributed by atoms with Crippen molar-refractivity contribution < 1.29 is 14.0 Å². The van der Waals surface area contributed by atoms with Crippen LogP contribution in [0.5, 0.6) is 0 Å². The van der Waals surface area contributed by atoms with Gasteiger partial charge in [-0.3, -0.25) is 9.59 Å². The Hall–Kier alpha value is -3.22. The fraction of sp³-hybridized carbons (Fsp3) is 0.0435. The Kier molecular flexibility index (Phi) is 4.53. The molecule has 7 heteroatoms. The van der Waals surface area contributed by atoms with Gasteiger partial charge in [0.2, 0.25) is 0 Å². The molecule has 0 saturated carbocycles. The molecule has 4 nitrogen and oxygen atoms in total. The van der Waals surface area contributed by atoms with Gasteiger partial charge in [0.25, 0.3) is 11.8 Å². The minimum atomic E-state index is -0.587. The van der Waals surface area contributed by atoms with Crippen LogP contribution in [-0.4, -0.2) is 11.8 Å². The fourth-order valence-electron chi connectivity index (χ4n) is 3.78. The van der Waals surface area contributed by atoms with Gasteiger partial charge in [0.05, 0.1) is 11.6 Å². The van der Waals surface area contributed by atoms with Gasteiger partial charge in [-0.25, -0.2) is 4.39 Å². The maximum atomic E-state index is 13.5. The van der Waals surface area contributed by atoms with Crippen molar-refractivity contribution in [1.82, 2.24) is 5.32 Å². The van der Waals surface area contributed by atoms with Crippen LogP contribution in [0.1, 0.15) is 37.9 Å². The molecule has 4 aromatic rings. The number of anilines is 1. The summed E-state index contributed by atoms with van der Waals surface area (Å²) in [5, 5.41) is 8.73. The lowest BCUT2D eigenvalue weighted by Gasteiger charge is -2.17. The normalized spacial score (nSPS) is 15.1. The first kappa shape index (κ1) is 18.8. The van der Waals surface area contributed by atoms with Crippen LogP contribution in [0.2, 0.25) is 5.02 Å². The number of halogens is 2. The molecule has 1 atom stereocenters. The SMILES string of the molecule is O=C1NC(c2ccc(F)cc2Cl)c2c(NC(=O)c3csc4ccccc34)cccc21. The molecule has 1 aromatic heterocycles. The van der Waals surface area contributed by atoms with Gasteiger partial charge in [-0.05, 0) is 35.9 Å². The highest BCUT2D eigenvalue weighted by molar-refractivity contribution is 7.17. The van der Waals surface area contributed by atoms with E-state index >= 15 is 0 Å². The number of hydrogen-bond donors (Lipinski definition) is 2. The highest BCUT2D eigenvalue weighted by atomic mass is 35.5. The van der Waals surface area contributed by atoms with Crippen LogP contribution < -0.4 is 10.6 Å². The summed E-state index contributed by atoms with van der Waals surface area (Å²) in [6.07, 6.45) is 0. The second kappa shape index (κ2) is 7.23. The smallest absolute Gasteiger partial charge is 0.257 e. The summed E-state index contributed by atoms with van der Waals surface area (Å²) >= 11 is 7.75. The van der Waals surface area contributed by atoms with Crippen molar-refractivity contribution in [1.29, 1.82) is 0 Å². The van der Waals surface area contributed by atoms with E-state index < -0.39 is 11.9 Å². The summed E-state index contributed by atoms with van der Waals surface area (Å²) in [6.45, 7) is 0. The zero-order valence-corrected chi connectivity index (χ0v) is 17.0. The molecule has 3 aromatic carbocycles. The summed E-state index contributed by atoms with van der Waals surface area (Å²) < 4.78 is 14.5. The van der Waals surface area contributed by atoms with Crippen LogP contribution in [0.15, 0.2) is 66.0 Å². The summed E-state index contributed by atoms with van der Waals surface area (Å²) in [5.74, 6) is -0.990. The number of carbonyl (C=O) groups is 2. The molecule has 2 heterocycles. The highest BCUT2D eigenvalue weighted by Gasteiger charge is 2.33. The quantitative estimate of drug-likeness (QED) is 0.427. The van der Waals surface area contributed by atoms with E-state index in [-0.39, 0.29) is 16.8 Å². The predicted octanol–water partition coefficient (Wildman–Crippen LogP) is 5.78. The van der Waals surface area contributed by atoms with E-state index in [1.165, 1.54) is 23.5 Å². The molecule has 5 rings (SSSR count). The molecule has 0 saturated heterocycles. The number of rotatable bonds is 3. The van der Waals surface area contributed by atoms with E-state index in [2.05, 4.69) is 10.6 Å². The van der Waals surface area contributed by atoms with Gasteiger partial charge in [-0.15, -0.1) is 11.3 Å².